The van der Waals surface area contributed by atoms with Crippen molar-refractivity contribution in [2.75, 3.05) is 6.61 Å². The van der Waals surface area contributed by atoms with Crippen molar-refractivity contribution < 1.29 is 19.0 Å². The molecule has 1 aliphatic heterocycles. The van der Waals surface area contributed by atoms with Gasteiger partial charge in [-0.15, -0.1) is 0 Å². The minimum atomic E-state index is -0.912. The van der Waals surface area contributed by atoms with Gasteiger partial charge in [-0.05, 0) is 32.8 Å². The number of allylic oxidation sites excluding steroid dienone is 3. The second-order valence-corrected chi connectivity index (χ2v) is 6.12. The lowest BCUT2D eigenvalue weighted by Gasteiger charge is -2.25. The molecular weight excluding hydrogens is 339 g/mol. The molecule has 0 aliphatic carbocycles. The zero-order valence-electron chi connectivity index (χ0n) is 14.0. The summed E-state index contributed by atoms with van der Waals surface area (Å²) in [7, 11) is 0. The van der Waals surface area contributed by atoms with Gasteiger partial charge < -0.3 is 14.2 Å². The molecule has 0 spiro atoms. The average Bonchev–Trinajstić information content (AvgIpc) is 2.88. The Kier molecular flexibility index (Phi) is 7.81. The van der Waals surface area contributed by atoms with Crippen molar-refractivity contribution in [3.63, 3.8) is 0 Å². The van der Waals surface area contributed by atoms with Gasteiger partial charge in [0.2, 0.25) is 0 Å². The normalized spacial score (nSPS) is 25.0. The van der Waals surface area contributed by atoms with Gasteiger partial charge in [-0.25, -0.2) is 4.79 Å². The highest BCUT2D eigenvalue weighted by molar-refractivity contribution is 6.35. The Hall–Kier alpha value is -0.810. The van der Waals surface area contributed by atoms with Crippen LogP contribution in [0.2, 0.25) is 0 Å². The van der Waals surface area contributed by atoms with Gasteiger partial charge in [-0.2, -0.15) is 0 Å². The predicted molar refractivity (Wildman–Crippen MR) is 92.4 cm³/mol. The Morgan fingerprint density at radius 1 is 1.22 bits per heavy atom. The van der Waals surface area contributed by atoms with Crippen LogP contribution in [-0.2, 0) is 19.0 Å². The Balaban J connectivity index is 3.31. The molecule has 1 saturated heterocycles. The molecule has 0 bridgehead atoms. The summed E-state index contributed by atoms with van der Waals surface area (Å²) in [6.45, 7) is 11.2. The number of esters is 1. The molecule has 0 aromatic rings. The van der Waals surface area contributed by atoms with E-state index in [0.717, 1.165) is 0 Å². The van der Waals surface area contributed by atoms with E-state index in [1.165, 1.54) is 0 Å². The maximum absolute atomic E-state index is 12.3. The molecular formula is C17H24Cl2O4. The van der Waals surface area contributed by atoms with Crippen molar-refractivity contribution in [1.82, 2.24) is 0 Å². The van der Waals surface area contributed by atoms with Crippen molar-refractivity contribution in [3.05, 3.63) is 34.4 Å². The minimum Gasteiger partial charge on any atom is -0.464 e. The van der Waals surface area contributed by atoms with Gasteiger partial charge in [0.25, 0.3) is 0 Å². The second-order valence-electron chi connectivity index (χ2n) is 5.14. The van der Waals surface area contributed by atoms with Gasteiger partial charge in [0.15, 0.2) is 11.9 Å². The smallest absolute Gasteiger partial charge is 0.338 e. The molecule has 2 atom stereocenters. The first-order chi connectivity index (χ1) is 10.9. The predicted octanol–water partition coefficient (Wildman–Crippen LogP) is 4.67. The fraction of sp³-hybridized carbons (Fsp3) is 0.588. The number of halogens is 2. The summed E-state index contributed by atoms with van der Waals surface area (Å²) in [6, 6.07) is 0. The van der Waals surface area contributed by atoms with Gasteiger partial charge in [0.05, 0.1) is 6.61 Å². The average molecular weight is 363 g/mol. The fourth-order valence-corrected chi connectivity index (χ4v) is 3.09. The van der Waals surface area contributed by atoms with Crippen molar-refractivity contribution in [3.8, 4) is 0 Å². The lowest BCUT2D eigenvalue weighted by atomic mass is 10.0. The van der Waals surface area contributed by atoms with Gasteiger partial charge >= 0.3 is 5.97 Å². The summed E-state index contributed by atoms with van der Waals surface area (Å²) in [5.74, 6) is -1.34. The summed E-state index contributed by atoms with van der Waals surface area (Å²) in [5.41, 5.74) is 0.509. The van der Waals surface area contributed by atoms with Crippen LogP contribution in [0.4, 0.5) is 0 Å². The van der Waals surface area contributed by atoms with E-state index in [9.17, 15) is 4.79 Å². The summed E-state index contributed by atoms with van der Waals surface area (Å²) >= 11 is 12.5. The highest BCUT2D eigenvalue weighted by Gasteiger charge is 2.51. The largest absolute Gasteiger partial charge is 0.464 e. The Bertz CT molecular complexity index is 503. The zero-order valence-corrected chi connectivity index (χ0v) is 15.5. The number of hydrogen-bond acceptors (Lipinski definition) is 4. The Morgan fingerprint density at radius 3 is 2.22 bits per heavy atom. The summed E-state index contributed by atoms with van der Waals surface area (Å²) in [6.07, 6.45) is 2.69. The van der Waals surface area contributed by atoms with E-state index in [1.807, 2.05) is 13.8 Å². The van der Waals surface area contributed by atoms with Crippen LogP contribution in [0.5, 0.6) is 0 Å². The van der Waals surface area contributed by atoms with Crippen LogP contribution in [0.1, 0.15) is 40.5 Å². The van der Waals surface area contributed by atoms with E-state index in [2.05, 4.69) is 6.58 Å². The third kappa shape index (κ3) is 4.60. The van der Waals surface area contributed by atoms with Crippen LogP contribution in [-0.4, -0.2) is 30.6 Å². The molecule has 0 aromatic heterocycles. The van der Waals surface area contributed by atoms with Crippen LogP contribution in [0.25, 0.3) is 0 Å². The van der Waals surface area contributed by atoms with Gasteiger partial charge in [-0.3, -0.25) is 0 Å². The lowest BCUT2D eigenvalue weighted by molar-refractivity contribution is -0.187. The summed E-state index contributed by atoms with van der Waals surface area (Å²) in [5, 5.41) is 0.789. The molecule has 0 amide bonds. The second kappa shape index (κ2) is 8.88. The molecule has 6 heteroatoms. The molecule has 23 heavy (non-hydrogen) atoms. The van der Waals surface area contributed by atoms with E-state index < -0.39 is 24.0 Å². The molecule has 130 valence electrons. The molecule has 1 fully saturated rings. The van der Waals surface area contributed by atoms with Gasteiger partial charge in [0, 0.05) is 15.6 Å². The van der Waals surface area contributed by atoms with Crippen LogP contribution in [0.15, 0.2) is 34.4 Å². The molecule has 1 aliphatic rings. The van der Waals surface area contributed by atoms with Crippen LogP contribution >= 0.6 is 23.2 Å². The SMILES string of the molecule is C=CC=C(Cl)C(=C(C)Cl)C1OC(CC)(CC)OC1C(=O)OCC. The third-order valence-electron chi connectivity index (χ3n) is 3.73. The molecule has 0 radical (unpaired) electrons. The number of ether oxygens (including phenoxy) is 3. The van der Waals surface area contributed by atoms with Crippen molar-refractivity contribution in [2.45, 2.75) is 58.5 Å². The van der Waals surface area contributed by atoms with Crippen LogP contribution < -0.4 is 0 Å². The quantitative estimate of drug-likeness (QED) is 0.487. The summed E-state index contributed by atoms with van der Waals surface area (Å²) in [4.78, 5) is 12.3. The van der Waals surface area contributed by atoms with Crippen LogP contribution in [0, 0.1) is 0 Å². The monoisotopic (exact) mass is 362 g/mol. The summed E-state index contributed by atoms with van der Waals surface area (Å²) < 4.78 is 17.1. The van der Waals surface area contributed by atoms with E-state index in [4.69, 9.17) is 37.4 Å². The van der Waals surface area contributed by atoms with E-state index in [1.54, 1.807) is 26.0 Å². The highest BCUT2D eigenvalue weighted by Crippen LogP contribution is 2.41. The van der Waals surface area contributed by atoms with E-state index >= 15 is 0 Å². The van der Waals surface area contributed by atoms with Gasteiger partial charge in [-0.1, -0.05) is 49.7 Å². The molecule has 0 aromatic carbocycles. The highest BCUT2D eigenvalue weighted by atomic mass is 35.5. The number of carbonyl (C=O) groups excluding carboxylic acids is 1. The topological polar surface area (TPSA) is 44.8 Å². The maximum atomic E-state index is 12.3. The van der Waals surface area contributed by atoms with Gasteiger partial charge in [0.1, 0.15) is 6.10 Å². The number of carbonyl (C=O) groups is 1. The Labute approximate surface area is 148 Å². The van der Waals surface area contributed by atoms with E-state index in [-0.39, 0.29) is 6.61 Å². The molecule has 1 rings (SSSR count). The Morgan fingerprint density at radius 2 is 1.78 bits per heavy atom. The first kappa shape index (κ1) is 20.2. The fourth-order valence-electron chi connectivity index (χ4n) is 2.49. The molecule has 4 nitrogen and oxygen atoms in total. The van der Waals surface area contributed by atoms with E-state index in [0.29, 0.717) is 28.5 Å². The minimum absolute atomic E-state index is 0.256. The molecule has 0 saturated carbocycles. The number of rotatable bonds is 7. The standard InChI is InChI=1S/C17H24Cl2O4/c1-6-10-12(19)13(11(5)18)14-15(16(20)21-9-4)23-17(7-2,8-3)22-14/h6,10,14-15H,1,7-9H2,2-5H3. The third-order valence-corrected chi connectivity index (χ3v) is 4.27. The number of hydrogen-bond donors (Lipinski definition) is 0. The van der Waals surface area contributed by atoms with Crippen molar-refractivity contribution in [2.24, 2.45) is 0 Å². The maximum Gasteiger partial charge on any atom is 0.338 e. The molecule has 2 unspecified atom stereocenters. The van der Waals surface area contributed by atoms with Crippen molar-refractivity contribution in [1.29, 1.82) is 0 Å². The lowest BCUT2D eigenvalue weighted by Crippen LogP contribution is -2.35. The first-order valence-electron chi connectivity index (χ1n) is 7.72. The van der Waals surface area contributed by atoms with Crippen molar-refractivity contribution >= 4 is 29.2 Å². The molecule has 1 heterocycles. The molecule has 0 N–H and O–H groups in total. The zero-order chi connectivity index (χ0) is 17.6. The first-order valence-corrected chi connectivity index (χ1v) is 8.48. The van der Waals surface area contributed by atoms with Crippen LogP contribution in [0.3, 0.4) is 0 Å².